The molecule has 2 aromatic carbocycles. The van der Waals surface area contributed by atoms with Gasteiger partial charge < -0.3 is 20.1 Å². The molecule has 2 atom stereocenters. The van der Waals surface area contributed by atoms with Gasteiger partial charge in [-0.2, -0.15) is 27.1 Å². The van der Waals surface area contributed by atoms with Crippen LogP contribution in [0.3, 0.4) is 0 Å². The summed E-state index contributed by atoms with van der Waals surface area (Å²) in [5, 5.41) is 9.23. The molecular weight excluding hydrogens is 587 g/mol. The molecule has 228 valence electrons. The predicted molar refractivity (Wildman–Crippen MR) is 132 cm³/mol. The summed E-state index contributed by atoms with van der Waals surface area (Å²) in [4.78, 5) is 13.2. The van der Waals surface area contributed by atoms with Gasteiger partial charge in [0.05, 0.1) is 12.2 Å². The van der Waals surface area contributed by atoms with Crippen molar-refractivity contribution >= 4 is 17.4 Å². The van der Waals surface area contributed by atoms with Crippen LogP contribution in [0, 0.1) is 6.92 Å². The van der Waals surface area contributed by atoms with E-state index in [2.05, 4.69) is 25.2 Å². The van der Waals surface area contributed by atoms with E-state index < -0.39 is 67.7 Å². The molecule has 0 aliphatic carbocycles. The first-order chi connectivity index (χ1) is 19.6. The molecule has 0 radical (unpaired) electrons. The van der Waals surface area contributed by atoms with E-state index >= 15 is 0 Å². The van der Waals surface area contributed by atoms with Gasteiger partial charge in [-0.05, 0) is 18.9 Å². The van der Waals surface area contributed by atoms with Crippen LogP contribution in [0.4, 0.5) is 51.0 Å². The maximum Gasteiger partial charge on any atom is 0.422 e. The van der Waals surface area contributed by atoms with E-state index in [1.54, 1.807) is 24.3 Å². The molecule has 1 aliphatic heterocycles. The summed E-state index contributed by atoms with van der Waals surface area (Å²) in [7, 11) is 0. The molecule has 0 saturated heterocycles. The van der Waals surface area contributed by atoms with Crippen LogP contribution in [0.1, 0.15) is 40.0 Å². The average Bonchev–Trinajstić information content (AvgIpc) is 3.34. The van der Waals surface area contributed by atoms with Crippen LogP contribution in [0.15, 0.2) is 48.7 Å². The third-order valence-corrected chi connectivity index (χ3v) is 6.20. The second-order valence-corrected chi connectivity index (χ2v) is 9.50. The number of hydrogen-bond acceptors (Lipinski definition) is 5. The van der Waals surface area contributed by atoms with Crippen molar-refractivity contribution in [2.75, 3.05) is 23.8 Å². The number of hydrogen-bond donors (Lipinski definition) is 2. The molecule has 7 nitrogen and oxygen atoms in total. The molecule has 4 rings (SSSR count). The molecule has 42 heavy (non-hydrogen) atoms. The molecule has 16 heteroatoms. The fraction of sp³-hybridized carbons (Fsp3) is 0.385. The summed E-state index contributed by atoms with van der Waals surface area (Å²) >= 11 is 0. The van der Waals surface area contributed by atoms with E-state index in [0.29, 0.717) is 5.56 Å². The third kappa shape index (κ3) is 7.39. The minimum atomic E-state index is -4.79. The molecule has 0 fully saturated rings. The molecule has 0 bridgehead atoms. The number of nitrogens with zero attached hydrogens (tertiary/aromatic N) is 2. The van der Waals surface area contributed by atoms with Gasteiger partial charge in [0.2, 0.25) is 0 Å². The van der Waals surface area contributed by atoms with Crippen molar-refractivity contribution in [2.45, 2.75) is 50.4 Å². The Labute approximate surface area is 232 Å². The van der Waals surface area contributed by atoms with Gasteiger partial charge >= 0.3 is 18.5 Å². The Morgan fingerprint density at radius 2 is 1.64 bits per heavy atom. The summed E-state index contributed by atoms with van der Waals surface area (Å²) in [6, 6.07) is 7.58. The normalized spacial score (nSPS) is 17.1. The lowest BCUT2D eigenvalue weighted by Crippen LogP contribution is -2.33. The smallest absolute Gasteiger partial charge is 0.422 e. The van der Waals surface area contributed by atoms with Crippen molar-refractivity contribution in [2.24, 2.45) is 0 Å². The molecule has 3 aromatic rings. The molecule has 0 spiro atoms. The molecule has 2 N–H and O–H groups in total. The molecule has 1 aromatic heterocycles. The molecule has 0 saturated carbocycles. The van der Waals surface area contributed by atoms with Crippen molar-refractivity contribution in [3.05, 3.63) is 65.4 Å². The van der Waals surface area contributed by atoms with Crippen molar-refractivity contribution < 1.29 is 53.8 Å². The number of carbonyl (C=O) groups is 1. The highest BCUT2D eigenvalue weighted by Gasteiger charge is 2.42. The van der Waals surface area contributed by atoms with Gasteiger partial charge in [-0.1, -0.05) is 29.8 Å². The highest BCUT2D eigenvalue weighted by Crippen LogP contribution is 2.40. The lowest BCUT2D eigenvalue weighted by Gasteiger charge is -2.32. The summed E-state index contributed by atoms with van der Waals surface area (Å²) in [5.74, 6) is -6.81. The van der Waals surface area contributed by atoms with Gasteiger partial charge in [-0.15, -0.1) is 0 Å². The Bertz CT molecular complexity index is 1390. The number of nitrogens with one attached hydrogen (secondary N) is 2. The van der Waals surface area contributed by atoms with Crippen LogP contribution in [0.5, 0.6) is 11.5 Å². The summed E-state index contributed by atoms with van der Waals surface area (Å²) < 4.78 is 128. The third-order valence-electron chi connectivity index (χ3n) is 6.20. The monoisotopic (exact) mass is 610 g/mol. The first-order valence-corrected chi connectivity index (χ1v) is 12.3. The average molecular weight is 610 g/mol. The highest BCUT2D eigenvalue weighted by atomic mass is 19.4. The Balaban J connectivity index is 1.61. The Morgan fingerprint density at radius 1 is 1.02 bits per heavy atom. The summed E-state index contributed by atoms with van der Waals surface area (Å²) in [6.45, 7) is -1.77. The number of rotatable bonds is 10. The summed E-state index contributed by atoms with van der Waals surface area (Å²) in [5.41, 5.74) is 1.06. The van der Waals surface area contributed by atoms with Crippen molar-refractivity contribution in [1.82, 2.24) is 9.78 Å². The number of alkyl halides is 9. The SMILES string of the molecule is Cc1ccc([C@@H]2C[C@H](C(F)F)n3ncc(C(=O)Nc4cc(OCC(F)(F)F)cc(OCC(F)(F)C(F)F)c4)c3N2)cc1. The topological polar surface area (TPSA) is 77.4 Å². The Morgan fingerprint density at radius 3 is 2.21 bits per heavy atom. The standard InChI is InChI=1S/C26H23F9N4O3/c1-13-2-4-14(5-3-13)19-9-20(21(27)28)39-22(38-19)18(10-36-39)23(40)37-15-6-16(41-11-25(31,32)24(29)30)8-17(7-15)42-12-26(33,34)35/h2-8,10,19-21,24,38H,9,11-12H2,1H3,(H,37,40)/t19-,20+/m0/s1. The Hall–Kier alpha value is -4.11. The first-order valence-electron chi connectivity index (χ1n) is 12.3. The molecular formula is C26H23F9N4O3. The van der Waals surface area contributed by atoms with E-state index in [0.717, 1.165) is 34.6 Å². The molecule has 1 aliphatic rings. The van der Waals surface area contributed by atoms with Gasteiger partial charge in [0.25, 0.3) is 12.3 Å². The fourth-order valence-electron chi connectivity index (χ4n) is 4.13. The number of fused-ring (bicyclic) bond motifs is 1. The maximum atomic E-state index is 14.0. The maximum absolute atomic E-state index is 14.0. The van der Waals surface area contributed by atoms with E-state index in [-0.39, 0.29) is 23.5 Å². The minimum Gasteiger partial charge on any atom is -0.487 e. The molecule has 0 unspecified atom stereocenters. The van der Waals surface area contributed by atoms with E-state index in [1.807, 2.05) is 6.92 Å². The number of benzene rings is 2. The number of ether oxygens (including phenoxy) is 2. The van der Waals surface area contributed by atoms with E-state index in [9.17, 15) is 44.3 Å². The molecule has 1 amide bonds. The van der Waals surface area contributed by atoms with Gasteiger partial charge in [-0.25, -0.2) is 22.2 Å². The van der Waals surface area contributed by atoms with Gasteiger partial charge in [0.15, 0.2) is 13.2 Å². The minimum absolute atomic E-state index is 0.0565. The Kier molecular flexibility index (Phi) is 8.82. The zero-order chi connectivity index (χ0) is 30.8. The van der Waals surface area contributed by atoms with Crippen LogP contribution in [-0.2, 0) is 0 Å². The number of aryl methyl sites for hydroxylation is 1. The summed E-state index contributed by atoms with van der Waals surface area (Å²) in [6.07, 6.45) is -10.8. The quantitative estimate of drug-likeness (QED) is 0.241. The number of carbonyl (C=O) groups excluding carboxylic acids is 1. The van der Waals surface area contributed by atoms with Crippen molar-refractivity contribution in [3.63, 3.8) is 0 Å². The van der Waals surface area contributed by atoms with E-state index in [4.69, 9.17) is 0 Å². The lowest BCUT2D eigenvalue weighted by molar-refractivity contribution is -0.153. The number of aromatic nitrogens is 2. The first kappa shape index (κ1) is 30.8. The van der Waals surface area contributed by atoms with Crippen LogP contribution in [0.25, 0.3) is 0 Å². The predicted octanol–water partition coefficient (Wildman–Crippen LogP) is 7.03. The van der Waals surface area contributed by atoms with Crippen LogP contribution in [-0.4, -0.2) is 53.9 Å². The van der Waals surface area contributed by atoms with E-state index in [1.165, 1.54) is 0 Å². The zero-order valence-electron chi connectivity index (χ0n) is 21.6. The van der Waals surface area contributed by atoms with Crippen molar-refractivity contribution in [1.29, 1.82) is 0 Å². The molecule has 2 heterocycles. The number of amides is 1. The largest absolute Gasteiger partial charge is 0.487 e. The number of halogens is 9. The second-order valence-electron chi connectivity index (χ2n) is 9.50. The van der Waals surface area contributed by atoms with Crippen LogP contribution >= 0.6 is 0 Å². The lowest BCUT2D eigenvalue weighted by atomic mass is 9.96. The van der Waals surface area contributed by atoms with Gasteiger partial charge in [-0.3, -0.25) is 4.79 Å². The van der Waals surface area contributed by atoms with Crippen LogP contribution < -0.4 is 20.1 Å². The van der Waals surface area contributed by atoms with Crippen LogP contribution in [0.2, 0.25) is 0 Å². The zero-order valence-corrected chi connectivity index (χ0v) is 21.6. The highest BCUT2D eigenvalue weighted by molar-refractivity contribution is 6.07. The second kappa shape index (κ2) is 12.0. The van der Waals surface area contributed by atoms with Crippen molar-refractivity contribution in [3.8, 4) is 11.5 Å². The van der Waals surface area contributed by atoms with Gasteiger partial charge in [0.1, 0.15) is 28.9 Å². The number of anilines is 2. The van der Waals surface area contributed by atoms with Gasteiger partial charge in [0, 0.05) is 23.9 Å². The fourth-order valence-corrected chi connectivity index (χ4v) is 4.13.